The molecule has 3 saturated heterocycles. The molecule has 8 nitrogen and oxygen atoms in total. The Kier molecular flexibility index (Phi) is 6.94. The molecule has 3 aromatic carbocycles. The first-order valence-electron chi connectivity index (χ1n) is 14.5. The molecular formula is C32H28F4N4O4. The number of carbonyl (C=O) groups excluding carboxylic acids is 2. The van der Waals surface area contributed by atoms with Crippen LogP contribution in [0.1, 0.15) is 45.9 Å². The zero-order valence-electron chi connectivity index (χ0n) is 23.5. The number of oxazole rings is 1. The molecule has 3 fully saturated rings. The van der Waals surface area contributed by atoms with Crippen LogP contribution in [0, 0.1) is 5.82 Å². The van der Waals surface area contributed by atoms with Crippen LogP contribution in [0.3, 0.4) is 0 Å². The van der Waals surface area contributed by atoms with Crippen molar-refractivity contribution in [1.29, 1.82) is 0 Å². The minimum absolute atomic E-state index is 0.0223. The largest absolute Gasteiger partial charge is 0.490 e. The fraction of sp³-hybridized carbons (Fsp3) is 0.344. The molecule has 3 aliphatic rings. The molecule has 2 unspecified atom stereocenters. The Morgan fingerprint density at radius 1 is 0.864 bits per heavy atom. The van der Waals surface area contributed by atoms with Crippen molar-refractivity contribution in [2.45, 2.75) is 43.6 Å². The van der Waals surface area contributed by atoms with Crippen molar-refractivity contribution in [2.75, 3.05) is 31.1 Å². The molecule has 2 atom stereocenters. The van der Waals surface area contributed by atoms with Gasteiger partial charge in [-0.3, -0.25) is 9.59 Å². The zero-order valence-corrected chi connectivity index (χ0v) is 23.5. The van der Waals surface area contributed by atoms with Crippen LogP contribution >= 0.6 is 0 Å². The van der Waals surface area contributed by atoms with Gasteiger partial charge in [0.25, 0.3) is 11.8 Å². The van der Waals surface area contributed by atoms with Crippen LogP contribution in [0.4, 0.5) is 23.2 Å². The van der Waals surface area contributed by atoms with Crippen molar-refractivity contribution in [3.63, 3.8) is 0 Å². The molecule has 0 saturated carbocycles. The van der Waals surface area contributed by atoms with Gasteiger partial charge in [-0.05, 0) is 67.1 Å². The van der Waals surface area contributed by atoms with E-state index in [-0.39, 0.29) is 35.9 Å². The van der Waals surface area contributed by atoms with Gasteiger partial charge >= 0.3 is 12.1 Å². The first-order valence-corrected chi connectivity index (χ1v) is 14.5. The number of anilines is 1. The maximum Gasteiger partial charge on any atom is 0.416 e. The Morgan fingerprint density at radius 3 is 2.16 bits per heavy atom. The van der Waals surface area contributed by atoms with Gasteiger partial charge in [0.2, 0.25) is 0 Å². The van der Waals surface area contributed by atoms with E-state index in [9.17, 15) is 27.2 Å². The lowest BCUT2D eigenvalue weighted by atomic mass is 10.1. The van der Waals surface area contributed by atoms with E-state index in [1.807, 2.05) is 4.90 Å². The summed E-state index contributed by atoms with van der Waals surface area (Å²) in [5.74, 6) is -0.356. The van der Waals surface area contributed by atoms with E-state index in [1.54, 1.807) is 28.0 Å². The topological polar surface area (TPSA) is 79.1 Å². The van der Waals surface area contributed by atoms with E-state index in [4.69, 9.17) is 9.15 Å². The number of benzene rings is 3. The second-order valence-corrected chi connectivity index (χ2v) is 11.5. The predicted octanol–water partition coefficient (Wildman–Crippen LogP) is 5.77. The van der Waals surface area contributed by atoms with Crippen molar-refractivity contribution in [1.82, 2.24) is 14.8 Å². The van der Waals surface area contributed by atoms with Crippen molar-refractivity contribution in [2.24, 2.45) is 0 Å². The van der Waals surface area contributed by atoms with Gasteiger partial charge in [-0.2, -0.15) is 13.2 Å². The van der Waals surface area contributed by atoms with Crippen molar-refractivity contribution in [3.8, 4) is 5.75 Å². The van der Waals surface area contributed by atoms with Crippen LogP contribution in [-0.4, -0.2) is 71.0 Å². The standard InChI is InChI=1S/C32H28F4N4O4/c33-21-5-1-19(2-6-21)30(41)39-17-24-15-23(39)18-40(24)31(42)29-37-27-10-9-26(16-28(27)44-29)43-25-11-13-38(14-12-25)22-7-3-20(4-8-22)32(34,35)36/h1-10,16,23-25H,11-15,17-18H2. The number of amides is 2. The monoisotopic (exact) mass is 608 g/mol. The number of nitrogens with zero attached hydrogens (tertiary/aromatic N) is 4. The highest BCUT2D eigenvalue weighted by Gasteiger charge is 2.48. The summed E-state index contributed by atoms with van der Waals surface area (Å²) in [5, 5.41) is 0. The molecule has 0 N–H and O–H groups in total. The number of likely N-dealkylation sites (tertiary alicyclic amines) is 2. The number of carbonyl (C=O) groups is 2. The molecule has 4 aromatic rings. The number of rotatable bonds is 5. The minimum Gasteiger partial charge on any atom is -0.490 e. The van der Waals surface area contributed by atoms with Crippen LogP contribution in [0.2, 0.25) is 0 Å². The molecule has 2 bridgehead atoms. The number of aromatic nitrogens is 1. The predicted molar refractivity (Wildman–Crippen MR) is 152 cm³/mol. The second kappa shape index (κ2) is 10.8. The number of alkyl halides is 3. The highest BCUT2D eigenvalue weighted by molar-refractivity contribution is 5.96. The van der Waals surface area contributed by atoms with Crippen molar-refractivity contribution < 1.29 is 36.3 Å². The van der Waals surface area contributed by atoms with E-state index < -0.39 is 17.6 Å². The molecular weight excluding hydrogens is 580 g/mol. The Labute approximate surface area is 249 Å². The molecule has 44 heavy (non-hydrogen) atoms. The molecule has 1 aromatic heterocycles. The van der Waals surface area contributed by atoms with E-state index in [1.165, 1.54) is 36.4 Å². The van der Waals surface area contributed by atoms with E-state index in [0.29, 0.717) is 67.9 Å². The second-order valence-electron chi connectivity index (χ2n) is 11.5. The Hall–Kier alpha value is -4.61. The van der Waals surface area contributed by atoms with Gasteiger partial charge in [-0.25, -0.2) is 9.37 Å². The molecule has 0 spiro atoms. The Balaban J connectivity index is 0.953. The summed E-state index contributed by atoms with van der Waals surface area (Å²) in [6.45, 7) is 2.05. The van der Waals surface area contributed by atoms with Gasteiger partial charge in [-0.1, -0.05) is 0 Å². The summed E-state index contributed by atoms with van der Waals surface area (Å²) in [5.41, 5.74) is 1.44. The fourth-order valence-corrected chi connectivity index (χ4v) is 6.40. The third-order valence-corrected chi connectivity index (χ3v) is 8.70. The Morgan fingerprint density at radius 2 is 1.52 bits per heavy atom. The van der Waals surface area contributed by atoms with E-state index in [2.05, 4.69) is 4.98 Å². The number of piperidine rings is 1. The number of hydrogen-bond donors (Lipinski definition) is 0. The zero-order chi connectivity index (χ0) is 30.6. The molecule has 228 valence electrons. The molecule has 7 rings (SSSR count). The summed E-state index contributed by atoms with van der Waals surface area (Å²) in [6, 6.07) is 15.6. The number of piperazine rings is 1. The number of fused-ring (bicyclic) bond motifs is 3. The first-order chi connectivity index (χ1) is 21.1. The fourth-order valence-electron chi connectivity index (χ4n) is 6.40. The molecule has 4 heterocycles. The van der Waals surface area contributed by atoms with E-state index >= 15 is 0 Å². The van der Waals surface area contributed by atoms with Crippen LogP contribution in [0.5, 0.6) is 5.75 Å². The third kappa shape index (κ3) is 5.33. The molecule has 0 aliphatic carbocycles. The molecule has 0 radical (unpaired) electrons. The normalized spacial score (nSPS) is 20.5. The SMILES string of the molecule is O=C(c1ccc(F)cc1)N1CC2CC1CN2C(=O)c1nc2ccc(OC3CCN(c4ccc(C(F)(F)F)cc4)CC3)cc2o1. The van der Waals surface area contributed by atoms with Gasteiger partial charge in [-0.15, -0.1) is 0 Å². The summed E-state index contributed by atoms with van der Waals surface area (Å²) < 4.78 is 63.9. The first kappa shape index (κ1) is 28.2. The van der Waals surface area contributed by atoms with Gasteiger partial charge in [0.05, 0.1) is 17.6 Å². The number of halogens is 4. The Bertz CT molecular complexity index is 1700. The summed E-state index contributed by atoms with van der Waals surface area (Å²) >= 11 is 0. The van der Waals surface area contributed by atoms with Crippen LogP contribution in [0.25, 0.3) is 11.1 Å². The lowest BCUT2D eigenvalue weighted by molar-refractivity contribution is -0.137. The maximum atomic E-state index is 13.3. The van der Waals surface area contributed by atoms with Gasteiger partial charge < -0.3 is 23.9 Å². The number of ether oxygens (including phenoxy) is 1. The molecule has 12 heteroatoms. The average molecular weight is 609 g/mol. The van der Waals surface area contributed by atoms with Gasteiger partial charge in [0.15, 0.2) is 5.58 Å². The lowest BCUT2D eigenvalue weighted by Crippen LogP contribution is -2.50. The summed E-state index contributed by atoms with van der Waals surface area (Å²) in [4.78, 5) is 36.2. The van der Waals surface area contributed by atoms with Crippen LogP contribution in [-0.2, 0) is 6.18 Å². The smallest absolute Gasteiger partial charge is 0.416 e. The van der Waals surface area contributed by atoms with Crippen molar-refractivity contribution in [3.05, 3.63) is 89.6 Å². The minimum atomic E-state index is -4.36. The third-order valence-electron chi connectivity index (χ3n) is 8.70. The molecule has 3 aliphatic heterocycles. The van der Waals surface area contributed by atoms with Crippen LogP contribution < -0.4 is 9.64 Å². The van der Waals surface area contributed by atoms with Crippen molar-refractivity contribution >= 4 is 28.6 Å². The number of hydrogen-bond acceptors (Lipinski definition) is 6. The quantitative estimate of drug-likeness (QED) is 0.268. The summed E-state index contributed by atoms with van der Waals surface area (Å²) in [7, 11) is 0. The highest BCUT2D eigenvalue weighted by Crippen LogP contribution is 2.34. The average Bonchev–Trinajstić information content (AvgIpc) is 3.75. The molecule has 2 amide bonds. The van der Waals surface area contributed by atoms with Gasteiger partial charge in [0, 0.05) is 56.3 Å². The van der Waals surface area contributed by atoms with Crippen LogP contribution in [0.15, 0.2) is 71.1 Å². The summed E-state index contributed by atoms with van der Waals surface area (Å²) in [6.07, 6.45) is -2.39. The van der Waals surface area contributed by atoms with E-state index in [0.717, 1.165) is 17.8 Å². The highest BCUT2D eigenvalue weighted by atomic mass is 19.4. The lowest BCUT2D eigenvalue weighted by Gasteiger charge is -2.33. The maximum absolute atomic E-state index is 13.3. The van der Waals surface area contributed by atoms with Gasteiger partial charge in [0.1, 0.15) is 23.2 Å².